The van der Waals surface area contributed by atoms with Gasteiger partial charge in [-0.1, -0.05) is 6.58 Å². The number of carbonyl (C=O) groups is 1. The van der Waals surface area contributed by atoms with Gasteiger partial charge >= 0.3 is 10.3 Å². The van der Waals surface area contributed by atoms with Crippen LogP contribution >= 0.6 is 0 Å². The van der Waals surface area contributed by atoms with Crippen LogP contribution in [0.15, 0.2) is 12.7 Å². The van der Waals surface area contributed by atoms with Gasteiger partial charge in [0.1, 0.15) is 0 Å². The average Bonchev–Trinajstić information content (AvgIpc) is 1.80. The minimum atomic E-state index is -4.52. The topological polar surface area (TPSA) is 74.7 Å². The molecule has 1 amide bonds. The van der Waals surface area contributed by atoms with E-state index in [2.05, 4.69) is 6.58 Å². The number of amides is 1. The van der Waals surface area contributed by atoms with Gasteiger partial charge in [0, 0.05) is 0 Å². The van der Waals surface area contributed by atoms with Gasteiger partial charge in [0.25, 0.3) is 5.91 Å². The van der Waals surface area contributed by atoms with Gasteiger partial charge in [-0.25, -0.2) is 4.31 Å². The Morgan fingerprint density at radius 2 is 1.85 bits per heavy atom. The summed E-state index contributed by atoms with van der Waals surface area (Å²) in [4.78, 5) is 11.1. The maximum atomic E-state index is 11.1. The fraction of sp³-hybridized carbons (Fsp3) is 0.571. The van der Waals surface area contributed by atoms with Crippen LogP contribution in [0.3, 0.4) is 0 Å². The Morgan fingerprint density at radius 3 is 1.92 bits per heavy atom. The second-order valence-corrected chi connectivity index (χ2v) is 4.72. The van der Waals surface area contributed by atoms with Gasteiger partial charge in [-0.05, 0) is 26.8 Å². The molecule has 0 saturated carbocycles. The molecule has 0 aliphatic rings. The summed E-state index contributed by atoms with van der Waals surface area (Å²) in [5, 5.41) is 0. The standard InChI is InChI=1S/C7H13NO4S/c1-5-6(9)8(7(2,3)4)13(10,11)12/h5H,1H2,2-4H3,(H,10,11,12). The van der Waals surface area contributed by atoms with Crippen molar-refractivity contribution in [1.29, 1.82) is 0 Å². The summed E-state index contributed by atoms with van der Waals surface area (Å²) >= 11 is 0. The highest BCUT2D eigenvalue weighted by Gasteiger charge is 2.34. The maximum Gasteiger partial charge on any atom is 0.362 e. The zero-order chi connectivity index (χ0) is 10.9. The van der Waals surface area contributed by atoms with Gasteiger partial charge < -0.3 is 0 Å². The van der Waals surface area contributed by atoms with E-state index in [1.807, 2.05) is 0 Å². The predicted octanol–water partition coefficient (Wildman–Crippen LogP) is 0.602. The Kier molecular flexibility index (Phi) is 3.23. The van der Waals surface area contributed by atoms with Crippen molar-refractivity contribution < 1.29 is 17.8 Å². The zero-order valence-electron chi connectivity index (χ0n) is 7.81. The molecular weight excluding hydrogens is 194 g/mol. The highest BCUT2D eigenvalue weighted by Crippen LogP contribution is 2.17. The van der Waals surface area contributed by atoms with E-state index in [0.29, 0.717) is 4.31 Å². The molecule has 1 N–H and O–H groups in total. The molecule has 0 spiro atoms. The van der Waals surface area contributed by atoms with Crippen molar-refractivity contribution in [1.82, 2.24) is 4.31 Å². The first-order valence-electron chi connectivity index (χ1n) is 3.55. The van der Waals surface area contributed by atoms with Crippen molar-refractivity contribution in [2.24, 2.45) is 0 Å². The van der Waals surface area contributed by atoms with Crippen LogP contribution in [0, 0.1) is 0 Å². The van der Waals surface area contributed by atoms with Crippen molar-refractivity contribution in [3.05, 3.63) is 12.7 Å². The van der Waals surface area contributed by atoms with Crippen LogP contribution in [0.5, 0.6) is 0 Å². The Hall–Kier alpha value is -0.880. The van der Waals surface area contributed by atoms with Crippen LogP contribution in [-0.4, -0.2) is 28.7 Å². The van der Waals surface area contributed by atoms with Crippen LogP contribution < -0.4 is 0 Å². The molecular formula is C7H13NO4S. The minimum Gasteiger partial charge on any atom is -0.269 e. The van der Waals surface area contributed by atoms with E-state index in [0.717, 1.165) is 6.08 Å². The Morgan fingerprint density at radius 1 is 1.46 bits per heavy atom. The van der Waals surface area contributed by atoms with Crippen LogP contribution in [0.25, 0.3) is 0 Å². The number of nitrogens with zero attached hydrogens (tertiary/aromatic N) is 1. The molecule has 0 aliphatic carbocycles. The summed E-state index contributed by atoms with van der Waals surface area (Å²) in [6, 6.07) is 0. The first kappa shape index (κ1) is 12.1. The third-order valence-corrected chi connectivity index (χ3v) is 2.40. The van der Waals surface area contributed by atoms with Gasteiger partial charge in [-0.3, -0.25) is 9.35 Å². The molecule has 0 fully saturated rings. The molecule has 0 aromatic rings. The first-order chi connectivity index (χ1) is 5.60. The molecule has 0 aromatic heterocycles. The summed E-state index contributed by atoms with van der Waals surface area (Å²) in [5.74, 6) is -0.852. The second-order valence-electron chi connectivity index (χ2n) is 3.46. The molecule has 0 aromatic carbocycles. The Bertz CT molecular complexity index is 312. The number of hydrogen-bond acceptors (Lipinski definition) is 3. The van der Waals surface area contributed by atoms with Crippen molar-refractivity contribution >= 4 is 16.2 Å². The SMILES string of the molecule is C=CC(=O)N(C(C)(C)C)S(=O)(=O)O. The monoisotopic (exact) mass is 207 g/mol. The highest BCUT2D eigenvalue weighted by atomic mass is 32.2. The van der Waals surface area contributed by atoms with Gasteiger partial charge in [0.15, 0.2) is 0 Å². The van der Waals surface area contributed by atoms with Crippen molar-refractivity contribution in [3.8, 4) is 0 Å². The first-order valence-corrected chi connectivity index (χ1v) is 4.94. The highest BCUT2D eigenvalue weighted by molar-refractivity contribution is 7.84. The normalized spacial score (nSPS) is 12.3. The van der Waals surface area contributed by atoms with Gasteiger partial charge in [-0.15, -0.1) is 0 Å². The van der Waals surface area contributed by atoms with E-state index >= 15 is 0 Å². The van der Waals surface area contributed by atoms with Gasteiger partial charge in [0.2, 0.25) is 0 Å². The van der Waals surface area contributed by atoms with Crippen LogP contribution in [0.2, 0.25) is 0 Å². The van der Waals surface area contributed by atoms with E-state index in [-0.39, 0.29) is 0 Å². The fourth-order valence-corrected chi connectivity index (χ4v) is 1.87. The summed E-state index contributed by atoms with van der Waals surface area (Å²) in [7, 11) is -4.52. The van der Waals surface area contributed by atoms with E-state index in [4.69, 9.17) is 4.55 Å². The van der Waals surface area contributed by atoms with Crippen molar-refractivity contribution in [2.75, 3.05) is 0 Å². The molecule has 0 atom stereocenters. The summed E-state index contributed by atoms with van der Waals surface area (Å²) in [6.45, 7) is 7.61. The lowest BCUT2D eigenvalue weighted by Crippen LogP contribution is -2.48. The molecule has 0 bridgehead atoms. The van der Waals surface area contributed by atoms with Crippen LogP contribution in [0.4, 0.5) is 0 Å². The second kappa shape index (κ2) is 3.47. The maximum absolute atomic E-state index is 11.1. The molecule has 13 heavy (non-hydrogen) atoms. The third-order valence-electron chi connectivity index (χ3n) is 1.21. The number of carbonyl (C=O) groups excluding carboxylic acids is 1. The molecule has 0 heterocycles. The smallest absolute Gasteiger partial charge is 0.269 e. The molecule has 0 saturated heterocycles. The predicted molar refractivity (Wildman–Crippen MR) is 48.3 cm³/mol. The molecule has 0 rings (SSSR count). The number of hydrogen-bond donors (Lipinski definition) is 1. The Balaban J connectivity index is 5.25. The van der Waals surface area contributed by atoms with E-state index < -0.39 is 21.8 Å². The lowest BCUT2D eigenvalue weighted by Gasteiger charge is -2.30. The summed E-state index contributed by atoms with van der Waals surface area (Å²) < 4.78 is 30.7. The van der Waals surface area contributed by atoms with Crippen molar-refractivity contribution in [3.63, 3.8) is 0 Å². The van der Waals surface area contributed by atoms with E-state index in [1.165, 1.54) is 20.8 Å². The summed E-state index contributed by atoms with van der Waals surface area (Å²) in [6.07, 6.45) is 0.832. The average molecular weight is 207 g/mol. The van der Waals surface area contributed by atoms with E-state index in [1.54, 1.807) is 0 Å². The quantitative estimate of drug-likeness (QED) is 0.531. The molecule has 5 nitrogen and oxygen atoms in total. The molecule has 0 unspecified atom stereocenters. The lowest BCUT2D eigenvalue weighted by molar-refractivity contribution is -0.124. The van der Waals surface area contributed by atoms with Gasteiger partial charge in [0.05, 0.1) is 5.54 Å². The Labute approximate surface area is 77.9 Å². The van der Waals surface area contributed by atoms with Crippen molar-refractivity contribution in [2.45, 2.75) is 26.3 Å². The zero-order valence-corrected chi connectivity index (χ0v) is 8.63. The molecule has 0 radical (unpaired) electrons. The molecule has 0 aliphatic heterocycles. The largest absolute Gasteiger partial charge is 0.362 e. The summed E-state index contributed by atoms with van der Waals surface area (Å²) in [5.41, 5.74) is -1.00. The fourth-order valence-electron chi connectivity index (χ4n) is 0.873. The van der Waals surface area contributed by atoms with Crippen LogP contribution in [-0.2, 0) is 15.1 Å². The number of rotatable bonds is 2. The van der Waals surface area contributed by atoms with Crippen LogP contribution in [0.1, 0.15) is 20.8 Å². The molecule has 6 heteroatoms. The third kappa shape index (κ3) is 3.16. The van der Waals surface area contributed by atoms with Gasteiger partial charge in [-0.2, -0.15) is 8.42 Å². The molecule has 76 valence electrons. The lowest BCUT2D eigenvalue weighted by atomic mass is 10.1. The minimum absolute atomic E-state index is 0.368. The van der Waals surface area contributed by atoms with E-state index in [9.17, 15) is 13.2 Å².